The van der Waals surface area contributed by atoms with Gasteiger partial charge in [-0.1, -0.05) is 88.2 Å². The van der Waals surface area contributed by atoms with E-state index in [2.05, 4.69) is 79.7 Å². The molecule has 126 valence electrons. The maximum Gasteiger partial charge on any atom is 0.345 e. The molecule has 0 aliphatic heterocycles. The van der Waals surface area contributed by atoms with E-state index in [1.807, 2.05) is 0 Å². The lowest BCUT2D eigenvalue weighted by molar-refractivity contribution is 0.468. The highest BCUT2D eigenvalue weighted by molar-refractivity contribution is 6.75. The van der Waals surface area contributed by atoms with Crippen molar-refractivity contribution in [3.63, 3.8) is 0 Å². The van der Waals surface area contributed by atoms with Gasteiger partial charge in [-0.3, -0.25) is 0 Å². The normalized spacial score (nSPS) is 23.0. The first kappa shape index (κ1) is 18.8. The van der Waals surface area contributed by atoms with Gasteiger partial charge in [0.15, 0.2) is 0 Å². The Labute approximate surface area is 148 Å². The lowest BCUT2D eigenvalue weighted by Gasteiger charge is -2.33. The molecular formula is C22H35Al. The molecule has 0 amide bonds. The minimum Gasteiger partial charge on any atom is -0.105 e. The highest BCUT2D eigenvalue weighted by atomic mass is 27.2. The van der Waals surface area contributed by atoms with Gasteiger partial charge in [0.05, 0.1) is 0 Å². The van der Waals surface area contributed by atoms with Crippen molar-refractivity contribution in [2.24, 2.45) is 16.7 Å². The average Bonchev–Trinajstić information content (AvgIpc) is 2.34. The van der Waals surface area contributed by atoms with Crippen molar-refractivity contribution in [2.45, 2.75) is 73.5 Å². The zero-order chi connectivity index (χ0) is 17.4. The van der Waals surface area contributed by atoms with Crippen molar-refractivity contribution in [2.75, 3.05) is 0 Å². The second-order valence-electron chi connectivity index (χ2n) is 9.65. The van der Waals surface area contributed by atoms with Crippen molar-refractivity contribution in [3.05, 3.63) is 44.3 Å². The van der Waals surface area contributed by atoms with Crippen LogP contribution in [0, 0.1) is 16.7 Å². The molecule has 0 unspecified atom stereocenters. The Hall–Kier alpha value is -0.508. The maximum atomic E-state index is 2.49. The molecular weight excluding hydrogens is 291 g/mol. The average molecular weight is 327 g/mol. The molecule has 2 aliphatic carbocycles. The fourth-order valence-electron chi connectivity index (χ4n) is 4.32. The highest BCUT2D eigenvalue weighted by Gasteiger charge is 2.33. The SMILES string of the molecule is CC1=[C]([Al]([CH2]C(C)C)[C]2=C(C)CC(C)(C)C=C2)C=CC(C)(C)C1. The van der Waals surface area contributed by atoms with Crippen LogP contribution in [0.1, 0.15) is 68.2 Å². The second-order valence-corrected chi connectivity index (χ2v) is 12.5. The van der Waals surface area contributed by atoms with Gasteiger partial charge in [-0.25, -0.2) is 0 Å². The maximum absolute atomic E-state index is 2.49. The van der Waals surface area contributed by atoms with E-state index in [-0.39, 0.29) is 0 Å². The van der Waals surface area contributed by atoms with Crippen LogP contribution in [-0.2, 0) is 0 Å². The molecule has 0 nitrogen and oxygen atoms in total. The Kier molecular flexibility index (Phi) is 5.55. The molecule has 0 aromatic carbocycles. The Morgan fingerprint density at radius 3 is 1.57 bits per heavy atom. The van der Waals surface area contributed by atoms with Crippen LogP contribution in [0.5, 0.6) is 0 Å². The van der Waals surface area contributed by atoms with Crippen LogP contribution in [0.15, 0.2) is 44.3 Å². The third-order valence-corrected chi connectivity index (χ3v) is 9.60. The summed E-state index contributed by atoms with van der Waals surface area (Å²) in [5.74, 6) is 0.777. The van der Waals surface area contributed by atoms with Crippen LogP contribution in [0.25, 0.3) is 0 Å². The van der Waals surface area contributed by atoms with Gasteiger partial charge in [-0.05, 0) is 37.5 Å². The molecule has 2 rings (SSSR count). The van der Waals surface area contributed by atoms with E-state index >= 15 is 0 Å². The van der Waals surface area contributed by atoms with Gasteiger partial charge in [0.2, 0.25) is 0 Å². The molecule has 0 saturated heterocycles. The molecule has 0 N–H and O–H groups in total. The first-order valence-electron chi connectivity index (χ1n) is 9.28. The fraction of sp³-hybridized carbons (Fsp3) is 0.636. The van der Waals surface area contributed by atoms with Gasteiger partial charge in [-0.2, -0.15) is 0 Å². The molecule has 0 aromatic heterocycles. The third kappa shape index (κ3) is 4.74. The summed E-state index contributed by atoms with van der Waals surface area (Å²) in [7, 11) is 0. The molecule has 0 atom stereocenters. The first-order chi connectivity index (χ1) is 10.5. The smallest absolute Gasteiger partial charge is 0.105 e. The van der Waals surface area contributed by atoms with Crippen molar-refractivity contribution in [1.29, 1.82) is 0 Å². The molecule has 23 heavy (non-hydrogen) atoms. The lowest BCUT2D eigenvalue weighted by Crippen LogP contribution is -2.28. The summed E-state index contributed by atoms with van der Waals surface area (Å²) in [4.78, 5) is 0. The van der Waals surface area contributed by atoms with Crippen LogP contribution in [-0.4, -0.2) is 14.1 Å². The van der Waals surface area contributed by atoms with Gasteiger partial charge < -0.3 is 0 Å². The fourth-order valence-corrected chi connectivity index (χ4v) is 8.16. The predicted molar refractivity (Wildman–Crippen MR) is 106 cm³/mol. The van der Waals surface area contributed by atoms with Gasteiger partial charge in [0, 0.05) is 0 Å². The second kappa shape index (κ2) is 6.78. The topological polar surface area (TPSA) is 0 Å². The van der Waals surface area contributed by atoms with Gasteiger partial charge in [-0.15, -0.1) is 8.87 Å². The monoisotopic (exact) mass is 326 g/mol. The van der Waals surface area contributed by atoms with Crippen LogP contribution in [0.2, 0.25) is 5.28 Å². The van der Waals surface area contributed by atoms with Crippen molar-refractivity contribution >= 4 is 14.1 Å². The van der Waals surface area contributed by atoms with E-state index < -0.39 is 14.1 Å². The Morgan fingerprint density at radius 2 is 1.26 bits per heavy atom. The predicted octanol–water partition coefficient (Wildman–Crippen LogP) is 6.82. The van der Waals surface area contributed by atoms with E-state index in [0.29, 0.717) is 10.8 Å². The van der Waals surface area contributed by atoms with Crippen LogP contribution >= 0.6 is 0 Å². The van der Waals surface area contributed by atoms with Crippen LogP contribution in [0.3, 0.4) is 0 Å². The molecule has 0 saturated carbocycles. The van der Waals surface area contributed by atoms with Crippen LogP contribution in [0.4, 0.5) is 0 Å². The summed E-state index contributed by atoms with van der Waals surface area (Å²) in [6, 6.07) is 0. The van der Waals surface area contributed by atoms with Gasteiger partial charge >= 0.3 is 14.1 Å². The molecule has 0 aromatic rings. The summed E-state index contributed by atoms with van der Waals surface area (Å²) in [6.45, 7) is 19.0. The molecule has 0 radical (unpaired) electrons. The standard InChI is InChI=1S/2C9H13.C4H9.Al/c2*1-8-5-4-6-9(2,3)7-8;1-4(2)3;/h2*4,6H,7H2,1-3H3;4H,1H2,2-3H3;. The molecule has 0 spiro atoms. The summed E-state index contributed by atoms with van der Waals surface area (Å²) in [6.07, 6.45) is 12.4. The Balaban J connectivity index is 2.40. The van der Waals surface area contributed by atoms with Crippen molar-refractivity contribution in [3.8, 4) is 0 Å². The van der Waals surface area contributed by atoms with Gasteiger partial charge in [0.1, 0.15) is 0 Å². The number of rotatable bonds is 4. The quantitative estimate of drug-likeness (QED) is 0.497. The molecule has 1 heteroatoms. The minimum absolute atomic E-state index is 0.332. The van der Waals surface area contributed by atoms with Gasteiger partial charge in [0.25, 0.3) is 0 Å². The summed E-state index contributed by atoms with van der Waals surface area (Å²) in [5.41, 5.74) is 3.96. The molecule has 0 fully saturated rings. The zero-order valence-electron chi connectivity index (χ0n) is 16.6. The van der Waals surface area contributed by atoms with E-state index in [0.717, 1.165) is 5.92 Å². The summed E-state index contributed by atoms with van der Waals surface area (Å²) < 4.78 is 3.44. The lowest BCUT2D eigenvalue weighted by atomic mass is 9.82. The summed E-state index contributed by atoms with van der Waals surface area (Å²) in [5, 5.41) is 1.38. The highest BCUT2D eigenvalue weighted by Crippen LogP contribution is 2.40. The number of hydrogen-bond donors (Lipinski definition) is 0. The largest absolute Gasteiger partial charge is 0.345 e. The zero-order valence-corrected chi connectivity index (χ0v) is 17.7. The summed E-state index contributed by atoms with van der Waals surface area (Å²) >= 11 is -1.10. The molecule has 0 bridgehead atoms. The van der Waals surface area contributed by atoms with Crippen molar-refractivity contribution < 1.29 is 0 Å². The van der Waals surface area contributed by atoms with E-state index in [1.165, 1.54) is 18.1 Å². The first-order valence-corrected chi connectivity index (χ1v) is 11.3. The molecule has 2 aliphatic rings. The van der Waals surface area contributed by atoms with Crippen LogP contribution < -0.4 is 0 Å². The van der Waals surface area contributed by atoms with E-state index in [9.17, 15) is 0 Å². The minimum atomic E-state index is -1.10. The Bertz CT molecular complexity index is 531. The van der Waals surface area contributed by atoms with E-state index in [4.69, 9.17) is 0 Å². The third-order valence-electron chi connectivity index (χ3n) is 5.31. The van der Waals surface area contributed by atoms with Crippen molar-refractivity contribution in [1.82, 2.24) is 0 Å². The Morgan fingerprint density at radius 1 is 0.870 bits per heavy atom. The number of hydrogen-bond acceptors (Lipinski definition) is 0. The molecule has 0 heterocycles. The number of allylic oxidation sites excluding steroid dienone is 8. The van der Waals surface area contributed by atoms with E-state index in [1.54, 1.807) is 20.0 Å².